The van der Waals surface area contributed by atoms with Crippen LogP contribution in [0.4, 0.5) is 0 Å². The zero-order valence-corrected chi connectivity index (χ0v) is 15.8. The first-order chi connectivity index (χ1) is 13.7. The van der Waals surface area contributed by atoms with Crippen molar-refractivity contribution >= 4 is 39.0 Å². The second kappa shape index (κ2) is 6.62. The van der Waals surface area contributed by atoms with Gasteiger partial charge in [0, 0.05) is 27.4 Å². The number of nitrogens with zero attached hydrogens (tertiary/aromatic N) is 2. The third-order valence-corrected chi connectivity index (χ3v) is 5.93. The van der Waals surface area contributed by atoms with E-state index in [1.807, 2.05) is 30.3 Å². The molecule has 1 amide bonds. The van der Waals surface area contributed by atoms with E-state index in [2.05, 4.69) is 45.3 Å². The summed E-state index contributed by atoms with van der Waals surface area (Å²) in [5, 5.41) is 4.01. The molecule has 0 aliphatic heterocycles. The van der Waals surface area contributed by atoms with Crippen molar-refractivity contribution in [3.8, 4) is 10.4 Å². The van der Waals surface area contributed by atoms with Crippen LogP contribution in [0.2, 0.25) is 0 Å². The van der Waals surface area contributed by atoms with Crippen LogP contribution in [-0.2, 0) is 6.54 Å². The Labute approximate surface area is 165 Å². The summed E-state index contributed by atoms with van der Waals surface area (Å²) in [5.41, 5.74) is 10.4. The van der Waals surface area contributed by atoms with Crippen LogP contribution in [0.5, 0.6) is 0 Å². The van der Waals surface area contributed by atoms with Crippen LogP contribution in [0.15, 0.2) is 78.3 Å². The number of hydrogen-bond donors (Lipinski definition) is 1. The zero-order chi connectivity index (χ0) is 19.1. The van der Waals surface area contributed by atoms with E-state index in [4.69, 9.17) is 5.73 Å². The van der Waals surface area contributed by atoms with Gasteiger partial charge in [-0.15, -0.1) is 11.3 Å². The molecule has 0 unspecified atom stereocenters. The predicted octanol–water partition coefficient (Wildman–Crippen LogP) is 5.07. The van der Waals surface area contributed by atoms with Crippen LogP contribution in [0.1, 0.15) is 16.1 Å². The van der Waals surface area contributed by atoms with E-state index in [0.717, 1.165) is 33.1 Å². The SMILES string of the molecule is NC(=O)c1cccc2c1c1ccc(-c3cccs3)cc1n2Cc1ccccn1. The van der Waals surface area contributed by atoms with Gasteiger partial charge in [-0.3, -0.25) is 9.78 Å². The summed E-state index contributed by atoms with van der Waals surface area (Å²) in [4.78, 5) is 17.8. The van der Waals surface area contributed by atoms with E-state index in [9.17, 15) is 4.79 Å². The summed E-state index contributed by atoms with van der Waals surface area (Å²) in [7, 11) is 0. The topological polar surface area (TPSA) is 60.9 Å². The van der Waals surface area contributed by atoms with Crippen molar-refractivity contribution in [1.29, 1.82) is 0 Å². The van der Waals surface area contributed by atoms with Crippen molar-refractivity contribution in [1.82, 2.24) is 9.55 Å². The van der Waals surface area contributed by atoms with Gasteiger partial charge >= 0.3 is 0 Å². The summed E-state index contributed by atoms with van der Waals surface area (Å²) < 4.78 is 2.22. The lowest BCUT2D eigenvalue weighted by Crippen LogP contribution is -2.11. The molecule has 0 aliphatic carbocycles. The first-order valence-corrected chi connectivity index (χ1v) is 9.89. The number of benzene rings is 2. The number of carbonyl (C=O) groups excluding carboxylic acids is 1. The lowest BCUT2D eigenvalue weighted by atomic mass is 10.0. The number of carbonyl (C=O) groups is 1. The average molecular weight is 383 g/mol. The van der Waals surface area contributed by atoms with Gasteiger partial charge in [0.1, 0.15) is 0 Å². The molecule has 3 heterocycles. The summed E-state index contributed by atoms with van der Waals surface area (Å²) in [6.07, 6.45) is 1.80. The minimum Gasteiger partial charge on any atom is -0.366 e. The smallest absolute Gasteiger partial charge is 0.249 e. The number of amides is 1. The van der Waals surface area contributed by atoms with Crippen LogP contribution < -0.4 is 5.73 Å². The van der Waals surface area contributed by atoms with Gasteiger partial charge in [0.15, 0.2) is 0 Å². The highest BCUT2D eigenvalue weighted by Gasteiger charge is 2.17. The van der Waals surface area contributed by atoms with Crippen molar-refractivity contribution in [2.24, 2.45) is 5.73 Å². The molecule has 4 nitrogen and oxygen atoms in total. The number of hydrogen-bond acceptors (Lipinski definition) is 3. The number of pyridine rings is 1. The van der Waals surface area contributed by atoms with E-state index in [1.54, 1.807) is 23.6 Å². The molecule has 2 N–H and O–H groups in total. The van der Waals surface area contributed by atoms with E-state index in [1.165, 1.54) is 4.88 Å². The number of fused-ring (bicyclic) bond motifs is 3. The highest BCUT2D eigenvalue weighted by atomic mass is 32.1. The van der Waals surface area contributed by atoms with Crippen molar-refractivity contribution in [3.05, 3.63) is 89.6 Å². The third-order valence-electron chi connectivity index (χ3n) is 5.01. The number of thiophene rings is 1. The molecular formula is C23H17N3OS. The van der Waals surface area contributed by atoms with Crippen molar-refractivity contribution in [3.63, 3.8) is 0 Å². The van der Waals surface area contributed by atoms with E-state index < -0.39 is 5.91 Å². The van der Waals surface area contributed by atoms with Gasteiger partial charge in [-0.1, -0.05) is 30.3 Å². The maximum Gasteiger partial charge on any atom is 0.249 e. The monoisotopic (exact) mass is 383 g/mol. The number of rotatable bonds is 4. The van der Waals surface area contributed by atoms with Crippen LogP contribution in [0.3, 0.4) is 0 Å². The Bertz CT molecular complexity index is 1300. The Morgan fingerprint density at radius 1 is 1.00 bits per heavy atom. The van der Waals surface area contributed by atoms with Gasteiger partial charge in [0.05, 0.1) is 23.3 Å². The molecular weight excluding hydrogens is 366 g/mol. The molecule has 3 aromatic heterocycles. The highest BCUT2D eigenvalue weighted by Crippen LogP contribution is 2.35. The van der Waals surface area contributed by atoms with Gasteiger partial charge in [0.25, 0.3) is 0 Å². The highest BCUT2D eigenvalue weighted by molar-refractivity contribution is 7.13. The molecule has 136 valence electrons. The molecule has 5 rings (SSSR count). The van der Waals surface area contributed by atoms with Crippen molar-refractivity contribution in [2.75, 3.05) is 0 Å². The van der Waals surface area contributed by atoms with Gasteiger partial charge in [-0.2, -0.15) is 0 Å². The molecule has 0 saturated carbocycles. The van der Waals surface area contributed by atoms with Gasteiger partial charge in [-0.25, -0.2) is 0 Å². The fraction of sp³-hybridized carbons (Fsp3) is 0.0435. The molecule has 0 spiro atoms. The van der Waals surface area contributed by atoms with E-state index in [-0.39, 0.29) is 0 Å². The van der Waals surface area contributed by atoms with Gasteiger partial charge < -0.3 is 10.3 Å². The van der Waals surface area contributed by atoms with Crippen LogP contribution >= 0.6 is 11.3 Å². The molecule has 0 aliphatic rings. The largest absolute Gasteiger partial charge is 0.366 e. The summed E-state index contributed by atoms with van der Waals surface area (Å²) in [6.45, 7) is 0.622. The number of aromatic nitrogens is 2. The fourth-order valence-electron chi connectivity index (χ4n) is 3.77. The second-order valence-corrected chi connectivity index (χ2v) is 7.63. The Morgan fingerprint density at radius 3 is 2.68 bits per heavy atom. The van der Waals surface area contributed by atoms with Crippen molar-refractivity contribution < 1.29 is 4.79 Å². The molecule has 5 aromatic rings. The molecule has 0 bridgehead atoms. The maximum atomic E-state index is 12.1. The molecule has 28 heavy (non-hydrogen) atoms. The fourth-order valence-corrected chi connectivity index (χ4v) is 4.49. The summed E-state index contributed by atoms with van der Waals surface area (Å²) in [5.74, 6) is -0.412. The molecule has 0 fully saturated rings. The maximum absolute atomic E-state index is 12.1. The normalized spacial score (nSPS) is 11.3. The lowest BCUT2D eigenvalue weighted by molar-refractivity contribution is 0.100. The quantitative estimate of drug-likeness (QED) is 0.471. The second-order valence-electron chi connectivity index (χ2n) is 6.68. The van der Waals surface area contributed by atoms with Crippen LogP contribution in [0, 0.1) is 0 Å². The number of nitrogens with two attached hydrogens (primary N) is 1. The molecule has 2 aromatic carbocycles. The lowest BCUT2D eigenvalue weighted by Gasteiger charge is -2.08. The standard InChI is InChI=1S/C23H17N3OS/c24-23(27)18-6-3-7-19-22(18)17-10-9-15(21-8-4-12-28-21)13-20(17)26(19)14-16-5-1-2-11-25-16/h1-13H,14H2,(H2,24,27). The van der Waals surface area contributed by atoms with Crippen molar-refractivity contribution in [2.45, 2.75) is 6.54 Å². The third kappa shape index (κ3) is 2.68. The first-order valence-electron chi connectivity index (χ1n) is 9.01. The minimum absolute atomic E-state index is 0.412. The Balaban J connectivity index is 1.83. The Morgan fingerprint density at radius 2 is 1.93 bits per heavy atom. The minimum atomic E-state index is -0.412. The predicted molar refractivity (Wildman–Crippen MR) is 115 cm³/mol. The summed E-state index contributed by atoms with van der Waals surface area (Å²) >= 11 is 1.71. The number of primary amides is 1. The van der Waals surface area contributed by atoms with Gasteiger partial charge in [0.2, 0.25) is 5.91 Å². The summed E-state index contributed by atoms with van der Waals surface area (Å²) in [6, 6.07) is 22.2. The van der Waals surface area contributed by atoms with Crippen LogP contribution in [-0.4, -0.2) is 15.5 Å². The molecule has 0 saturated heterocycles. The van der Waals surface area contributed by atoms with Gasteiger partial charge in [-0.05, 0) is 47.3 Å². The van der Waals surface area contributed by atoms with E-state index >= 15 is 0 Å². The average Bonchev–Trinajstić information content (AvgIpc) is 3.36. The van der Waals surface area contributed by atoms with E-state index in [0.29, 0.717) is 12.1 Å². The van der Waals surface area contributed by atoms with Crippen LogP contribution in [0.25, 0.3) is 32.2 Å². The Kier molecular flexibility index (Phi) is 3.95. The molecule has 0 radical (unpaired) electrons. The molecule has 5 heteroatoms. The zero-order valence-electron chi connectivity index (χ0n) is 15.0. The first kappa shape index (κ1) is 16.7. The molecule has 0 atom stereocenters. The Hall–Kier alpha value is -3.44.